The number of benzene rings is 1. The first kappa shape index (κ1) is 16.0. The molecule has 3 rings (SSSR count). The van der Waals surface area contributed by atoms with Crippen molar-refractivity contribution in [3.8, 4) is 0 Å². The van der Waals surface area contributed by atoms with Gasteiger partial charge in [0, 0.05) is 5.56 Å². The minimum absolute atomic E-state index is 0.0869. The average Bonchev–Trinajstić information content (AvgIpc) is 2.51. The first-order valence-corrected chi connectivity index (χ1v) is 9.07. The Labute approximate surface area is 133 Å². The lowest BCUT2D eigenvalue weighted by molar-refractivity contribution is 0.210. The zero-order chi connectivity index (χ0) is 15.5. The van der Waals surface area contributed by atoms with Gasteiger partial charge in [-0.25, -0.2) is 8.78 Å². The lowest BCUT2D eigenvalue weighted by Crippen LogP contribution is -2.20. The molecule has 0 aromatic heterocycles. The summed E-state index contributed by atoms with van der Waals surface area (Å²) in [7, 11) is 0. The Morgan fingerprint density at radius 3 is 1.86 bits per heavy atom. The summed E-state index contributed by atoms with van der Waals surface area (Å²) in [6.45, 7) is 2.37. The topological polar surface area (TPSA) is 0 Å². The molecule has 2 aliphatic rings. The minimum atomic E-state index is -0.357. The summed E-state index contributed by atoms with van der Waals surface area (Å²) < 4.78 is 27.8. The third-order valence-electron chi connectivity index (χ3n) is 6.06. The summed E-state index contributed by atoms with van der Waals surface area (Å²) in [6, 6.07) is 4.26. The third-order valence-corrected chi connectivity index (χ3v) is 6.06. The van der Waals surface area contributed by atoms with Gasteiger partial charge in [0.25, 0.3) is 0 Å². The summed E-state index contributed by atoms with van der Waals surface area (Å²) in [4.78, 5) is 0. The number of halogens is 2. The molecule has 0 spiro atoms. The first-order valence-electron chi connectivity index (χ1n) is 9.07. The molecule has 0 unspecified atom stereocenters. The van der Waals surface area contributed by atoms with E-state index < -0.39 is 0 Å². The lowest BCUT2D eigenvalue weighted by atomic mass is 9.72. The van der Waals surface area contributed by atoms with Crippen LogP contribution in [0.15, 0.2) is 18.2 Å². The quantitative estimate of drug-likeness (QED) is 0.601. The highest BCUT2D eigenvalue weighted by Gasteiger charge is 2.28. The molecule has 2 heteroatoms. The second-order valence-corrected chi connectivity index (χ2v) is 7.71. The van der Waals surface area contributed by atoms with Crippen molar-refractivity contribution >= 4 is 0 Å². The van der Waals surface area contributed by atoms with Gasteiger partial charge in [0.1, 0.15) is 11.6 Å². The molecule has 0 heterocycles. The van der Waals surface area contributed by atoms with Crippen LogP contribution in [0.25, 0.3) is 0 Å². The largest absolute Gasteiger partial charge is 0.207 e. The van der Waals surface area contributed by atoms with Crippen molar-refractivity contribution in [2.45, 2.75) is 70.6 Å². The van der Waals surface area contributed by atoms with E-state index in [1.54, 1.807) is 0 Å². The standard InChI is InChI=1S/C20H28F2/c1-14-5-7-15(8-6-14)13-16-9-11-17(12-10-16)20-18(21)3-2-4-19(20)22/h2-4,14-17H,5-13H2,1H3. The lowest BCUT2D eigenvalue weighted by Gasteiger charge is -2.33. The Bertz CT molecular complexity index is 460. The molecule has 0 nitrogen and oxygen atoms in total. The number of hydrogen-bond acceptors (Lipinski definition) is 0. The highest BCUT2D eigenvalue weighted by atomic mass is 19.1. The molecule has 2 fully saturated rings. The van der Waals surface area contributed by atoms with Gasteiger partial charge in [-0.1, -0.05) is 38.7 Å². The molecule has 0 N–H and O–H groups in total. The van der Waals surface area contributed by atoms with Crippen LogP contribution in [0.5, 0.6) is 0 Å². The van der Waals surface area contributed by atoms with Gasteiger partial charge < -0.3 is 0 Å². The van der Waals surface area contributed by atoms with Gasteiger partial charge in [-0.05, 0) is 67.9 Å². The van der Waals surface area contributed by atoms with E-state index in [2.05, 4.69) is 6.92 Å². The summed E-state index contributed by atoms with van der Waals surface area (Å²) in [5.74, 6) is 1.97. The van der Waals surface area contributed by atoms with Crippen LogP contribution < -0.4 is 0 Å². The monoisotopic (exact) mass is 306 g/mol. The van der Waals surface area contributed by atoms with E-state index in [1.165, 1.54) is 50.3 Å². The van der Waals surface area contributed by atoms with Crippen LogP contribution in [0.1, 0.15) is 76.2 Å². The predicted molar refractivity (Wildman–Crippen MR) is 86.8 cm³/mol. The van der Waals surface area contributed by atoms with Crippen molar-refractivity contribution in [3.63, 3.8) is 0 Å². The maximum atomic E-state index is 13.9. The molecule has 0 saturated heterocycles. The molecule has 1 aromatic carbocycles. The number of hydrogen-bond donors (Lipinski definition) is 0. The normalized spacial score (nSPS) is 32.9. The fraction of sp³-hybridized carbons (Fsp3) is 0.700. The fourth-order valence-corrected chi connectivity index (χ4v) is 4.62. The molecule has 2 aliphatic carbocycles. The van der Waals surface area contributed by atoms with E-state index in [1.807, 2.05) is 0 Å². The highest BCUT2D eigenvalue weighted by Crippen LogP contribution is 2.42. The van der Waals surface area contributed by atoms with Gasteiger partial charge >= 0.3 is 0 Å². The predicted octanol–water partition coefficient (Wildman–Crippen LogP) is 6.46. The summed E-state index contributed by atoms with van der Waals surface area (Å²) in [5.41, 5.74) is 0.340. The van der Waals surface area contributed by atoms with Crippen molar-refractivity contribution < 1.29 is 8.78 Å². The van der Waals surface area contributed by atoms with Gasteiger partial charge in [0.05, 0.1) is 0 Å². The summed E-state index contributed by atoms with van der Waals surface area (Å²) in [5, 5.41) is 0. The molecule has 0 bridgehead atoms. The fourth-order valence-electron chi connectivity index (χ4n) is 4.62. The van der Waals surface area contributed by atoms with Crippen LogP contribution in [0.2, 0.25) is 0 Å². The molecule has 1 aromatic rings. The van der Waals surface area contributed by atoms with Crippen LogP contribution in [0, 0.1) is 29.4 Å². The second kappa shape index (κ2) is 7.10. The number of rotatable bonds is 3. The van der Waals surface area contributed by atoms with Crippen molar-refractivity contribution in [2.24, 2.45) is 17.8 Å². The van der Waals surface area contributed by atoms with Crippen LogP contribution in [-0.4, -0.2) is 0 Å². The van der Waals surface area contributed by atoms with Crippen molar-refractivity contribution in [3.05, 3.63) is 35.4 Å². The molecule has 2 saturated carbocycles. The van der Waals surface area contributed by atoms with E-state index in [-0.39, 0.29) is 17.6 Å². The Morgan fingerprint density at radius 1 is 0.818 bits per heavy atom. The maximum absolute atomic E-state index is 13.9. The molecule has 0 aliphatic heterocycles. The van der Waals surface area contributed by atoms with Crippen LogP contribution in [0.4, 0.5) is 8.78 Å². The van der Waals surface area contributed by atoms with Gasteiger partial charge in [-0.2, -0.15) is 0 Å². The highest BCUT2D eigenvalue weighted by molar-refractivity contribution is 5.24. The Kier molecular flexibility index (Phi) is 5.15. The first-order chi connectivity index (χ1) is 10.6. The third kappa shape index (κ3) is 3.70. The van der Waals surface area contributed by atoms with Crippen molar-refractivity contribution in [2.75, 3.05) is 0 Å². The molecule has 22 heavy (non-hydrogen) atoms. The van der Waals surface area contributed by atoms with Crippen LogP contribution >= 0.6 is 0 Å². The minimum Gasteiger partial charge on any atom is -0.207 e. The van der Waals surface area contributed by atoms with E-state index in [9.17, 15) is 8.78 Å². The smallest absolute Gasteiger partial charge is 0.129 e. The van der Waals surface area contributed by atoms with E-state index in [0.29, 0.717) is 5.56 Å². The molecule has 0 amide bonds. The van der Waals surface area contributed by atoms with Gasteiger partial charge in [0.2, 0.25) is 0 Å². The van der Waals surface area contributed by atoms with E-state index >= 15 is 0 Å². The van der Waals surface area contributed by atoms with E-state index in [0.717, 1.165) is 43.4 Å². The molecular formula is C20H28F2. The molecular weight excluding hydrogens is 278 g/mol. The molecule has 0 radical (unpaired) electrons. The zero-order valence-corrected chi connectivity index (χ0v) is 13.7. The average molecular weight is 306 g/mol. The van der Waals surface area contributed by atoms with Crippen molar-refractivity contribution in [1.29, 1.82) is 0 Å². The maximum Gasteiger partial charge on any atom is 0.129 e. The van der Waals surface area contributed by atoms with Gasteiger partial charge in [-0.15, -0.1) is 0 Å². The molecule has 0 atom stereocenters. The second-order valence-electron chi connectivity index (χ2n) is 7.71. The summed E-state index contributed by atoms with van der Waals surface area (Å²) >= 11 is 0. The Morgan fingerprint density at radius 2 is 1.32 bits per heavy atom. The van der Waals surface area contributed by atoms with E-state index in [4.69, 9.17) is 0 Å². The molecule has 122 valence electrons. The van der Waals surface area contributed by atoms with Crippen molar-refractivity contribution in [1.82, 2.24) is 0 Å². The Balaban J connectivity index is 1.52. The van der Waals surface area contributed by atoms with Crippen LogP contribution in [0.3, 0.4) is 0 Å². The van der Waals surface area contributed by atoms with Crippen LogP contribution in [-0.2, 0) is 0 Å². The SMILES string of the molecule is CC1CCC(CC2CCC(c3c(F)cccc3F)CC2)CC1. The zero-order valence-electron chi connectivity index (χ0n) is 13.7. The van der Waals surface area contributed by atoms with Gasteiger partial charge in [-0.3, -0.25) is 0 Å². The Hall–Kier alpha value is -0.920. The van der Waals surface area contributed by atoms with Gasteiger partial charge in [0.15, 0.2) is 0 Å². The summed E-state index contributed by atoms with van der Waals surface area (Å²) in [6.07, 6.45) is 11.1.